The van der Waals surface area contributed by atoms with Crippen molar-refractivity contribution >= 4 is 29.3 Å². The number of nitrogens with one attached hydrogen (secondary N) is 1. The van der Waals surface area contributed by atoms with Crippen molar-refractivity contribution < 1.29 is 45.3 Å². The van der Waals surface area contributed by atoms with Crippen LogP contribution in [-0.2, 0) is 10.3 Å². The topological polar surface area (TPSA) is 121 Å². The number of hydrogen-bond acceptors (Lipinski definition) is 8. The molecule has 190 valence electrons. The van der Waals surface area contributed by atoms with E-state index < -0.39 is 59.9 Å². The van der Waals surface area contributed by atoms with Crippen LogP contribution in [0.2, 0.25) is 5.02 Å². The third-order valence-electron chi connectivity index (χ3n) is 4.82. The largest absolute Gasteiger partial charge is 0.433 e. The van der Waals surface area contributed by atoms with Gasteiger partial charge in [-0.15, -0.1) is 0 Å². The van der Waals surface area contributed by atoms with Gasteiger partial charge in [0.1, 0.15) is 39.5 Å². The Labute approximate surface area is 198 Å². The van der Waals surface area contributed by atoms with Crippen molar-refractivity contribution in [1.29, 1.82) is 0 Å². The fourth-order valence-electron chi connectivity index (χ4n) is 2.87. The van der Waals surface area contributed by atoms with E-state index in [1.807, 2.05) is 0 Å². The number of halogens is 7. The van der Waals surface area contributed by atoms with Gasteiger partial charge in [-0.05, 0) is 26.0 Å². The molecule has 0 bridgehead atoms. The van der Waals surface area contributed by atoms with Crippen molar-refractivity contribution in [1.82, 2.24) is 9.97 Å². The Morgan fingerprint density at radius 1 is 1.31 bits per heavy atom. The second-order valence-electron chi connectivity index (χ2n) is 7.47. The summed E-state index contributed by atoms with van der Waals surface area (Å²) in [7, 11) is 0. The van der Waals surface area contributed by atoms with Gasteiger partial charge in [0.15, 0.2) is 0 Å². The Morgan fingerprint density at radius 2 is 2.00 bits per heavy atom. The lowest BCUT2D eigenvalue weighted by Crippen LogP contribution is -2.60. The summed E-state index contributed by atoms with van der Waals surface area (Å²) in [5.74, 6) is -3.02. The number of aromatic nitrogens is 2. The molecule has 1 aliphatic heterocycles. The monoisotopic (exact) mass is 527 g/mol. The number of rotatable bonds is 5. The fraction of sp³-hybridized carbons (Fsp3) is 0.368. The number of amides is 1. The number of hydrogen-bond donors (Lipinski definition) is 2. The lowest BCUT2D eigenvalue weighted by Gasteiger charge is -2.40. The fourth-order valence-corrected chi connectivity index (χ4v) is 3.06. The molecule has 3 rings (SSSR count). The number of carbonyl (C=O) groups is 1. The van der Waals surface area contributed by atoms with Gasteiger partial charge in [-0.2, -0.15) is 22.0 Å². The minimum atomic E-state index is -4.87. The first kappa shape index (κ1) is 26.3. The molecule has 3 heterocycles. The molecule has 16 heteroatoms. The van der Waals surface area contributed by atoms with Crippen molar-refractivity contribution in [3.05, 3.63) is 40.9 Å². The second kappa shape index (κ2) is 9.37. The molecule has 0 saturated carbocycles. The highest BCUT2D eigenvalue weighted by atomic mass is 35.5. The number of anilines is 1. The van der Waals surface area contributed by atoms with E-state index >= 15 is 0 Å². The Kier molecular flexibility index (Phi) is 7.04. The number of aliphatic imine (C=N–C) groups is 1. The second-order valence-corrected chi connectivity index (χ2v) is 7.88. The maximum atomic E-state index is 14.5. The van der Waals surface area contributed by atoms with E-state index in [-0.39, 0.29) is 16.6 Å². The van der Waals surface area contributed by atoms with Crippen LogP contribution < -0.4 is 20.5 Å². The molecule has 2 aromatic rings. The summed E-state index contributed by atoms with van der Waals surface area (Å²) in [6, 6.07) is 2.85. The zero-order chi connectivity index (χ0) is 26.2. The van der Waals surface area contributed by atoms with Gasteiger partial charge < -0.3 is 19.9 Å². The number of ether oxygens (including phenoxy) is 3. The first-order chi connectivity index (χ1) is 16.1. The van der Waals surface area contributed by atoms with Gasteiger partial charge in [0.2, 0.25) is 11.5 Å². The lowest BCUT2D eigenvalue weighted by atomic mass is 9.93. The minimum absolute atomic E-state index is 0.278. The number of alkyl halides is 5. The molecule has 0 radical (unpaired) electrons. The predicted octanol–water partition coefficient (Wildman–Crippen LogP) is 4.41. The Hall–Kier alpha value is -3.33. The molecule has 0 aliphatic carbocycles. The molecule has 2 atom stereocenters. The molecule has 2 aromatic heterocycles. The highest BCUT2D eigenvalue weighted by Gasteiger charge is 2.59. The van der Waals surface area contributed by atoms with Crippen LogP contribution in [-0.4, -0.2) is 46.9 Å². The molecule has 0 saturated heterocycles. The van der Waals surface area contributed by atoms with Crippen LogP contribution in [0.1, 0.15) is 19.5 Å². The van der Waals surface area contributed by atoms with E-state index in [0.29, 0.717) is 6.92 Å². The van der Waals surface area contributed by atoms with Crippen LogP contribution in [0.15, 0.2) is 29.4 Å². The van der Waals surface area contributed by atoms with Gasteiger partial charge in [0, 0.05) is 6.07 Å². The zero-order valence-electron chi connectivity index (χ0n) is 17.8. The average Bonchev–Trinajstić information content (AvgIpc) is 2.73. The van der Waals surface area contributed by atoms with Gasteiger partial charge in [0.25, 0.3) is 0 Å². The number of pyridine rings is 2. The molecule has 3 N–H and O–H groups in total. The van der Waals surface area contributed by atoms with Gasteiger partial charge in [-0.3, -0.25) is 10.3 Å². The van der Waals surface area contributed by atoms with E-state index in [4.69, 9.17) is 26.8 Å². The highest BCUT2D eigenvalue weighted by molar-refractivity contribution is 6.32. The van der Waals surface area contributed by atoms with Crippen LogP contribution in [0, 0.1) is 5.82 Å². The Morgan fingerprint density at radius 3 is 2.57 bits per heavy atom. The van der Waals surface area contributed by atoms with Crippen molar-refractivity contribution in [2.24, 2.45) is 10.7 Å². The molecule has 1 amide bonds. The summed E-state index contributed by atoms with van der Waals surface area (Å²) >= 11 is 5.82. The third-order valence-corrected chi connectivity index (χ3v) is 5.09. The van der Waals surface area contributed by atoms with Gasteiger partial charge in [-0.25, -0.2) is 19.2 Å². The summed E-state index contributed by atoms with van der Waals surface area (Å²) in [5.41, 5.74) is 0.420. The van der Waals surface area contributed by atoms with Crippen molar-refractivity contribution in [3.63, 3.8) is 0 Å². The van der Waals surface area contributed by atoms with E-state index in [1.165, 1.54) is 6.92 Å². The molecule has 0 aromatic carbocycles. The van der Waals surface area contributed by atoms with E-state index in [9.17, 15) is 31.1 Å². The quantitative estimate of drug-likeness (QED) is 0.553. The number of nitrogens with zero attached hydrogens (tertiary/aromatic N) is 3. The summed E-state index contributed by atoms with van der Waals surface area (Å²) in [5, 5.41) is 1.81. The Balaban J connectivity index is 1.80. The van der Waals surface area contributed by atoms with Crippen LogP contribution in [0.3, 0.4) is 0 Å². The molecule has 9 nitrogen and oxygen atoms in total. The number of amidine groups is 1. The summed E-state index contributed by atoms with van der Waals surface area (Å²) < 4.78 is 92.9. The van der Waals surface area contributed by atoms with Crippen molar-refractivity contribution in [3.8, 4) is 11.6 Å². The van der Waals surface area contributed by atoms with Gasteiger partial charge in [-0.1, -0.05) is 11.6 Å². The SMILES string of the molecule is CC1(c2nc(NC(=O)Oc3ncc(OC(F)F)cc3Cl)ccc2F)COC(C)(C(F)(F)F)C(N)=N1. The highest BCUT2D eigenvalue weighted by Crippen LogP contribution is 2.41. The lowest BCUT2D eigenvalue weighted by molar-refractivity contribution is -0.249. The van der Waals surface area contributed by atoms with Crippen LogP contribution >= 0.6 is 11.6 Å². The third kappa shape index (κ3) is 5.51. The van der Waals surface area contributed by atoms with E-state index in [0.717, 1.165) is 24.4 Å². The van der Waals surface area contributed by atoms with E-state index in [2.05, 4.69) is 25.0 Å². The maximum Gasteiger partial charge on any atom is 0.424 e. The molecule has 2 unspecified atom stereocenters. The minimum Gasteiger partial charge on any atom is -0.433 e. The van der Waals surface area contributed by atoms with E-state index in [1.54, 1.807) is 0 Å². The molecule has 0 fully saturated rings. The van der Waals surface area contributed by atoms with Crippen LogP contribution in [0.25, 0.3) is 0 Å². The molecular formula is C19H16ClF6N5O4. The first-order valence-electron chi connectivity index (χ1n) is 9.47. The molecule has 1 aliphatic rings. The standard InChI is InChI=1S/C19H16ClF6N5O4/c1-17(7-33-18(2,14(27)31-17)19(24,25)26)12-10(21)3-4-11(29-12)30-16(32)35-13-9(20)5-8(6-28-13)34-15(22)23/h3-6,15H,7H2,1-2H3,(H2,27,31)(H,29,30,32). The van der Waals surface area contributed by atoms with Crippen LogP contribution in [0.5, 0.6) is 11.6 Å². The molecule has 0 spiro atoms. The Bertz CT molecular complexity index is 1170. The maximum absolute atomic E-state index is 14.5. The smallest absolute Gasteiger partial charge is 0.424 e. The predicted molar refractivity (Wildman–Crippen MR) is 109 cm³/mol. The summed E-state index contributed by atoms with van der Waals surface area (Å²) in [6.45, 7) is -1.92. The number of nitrogens with two attached hydrogens (primary N) is 1. The van der Waals surface area contributed by atoms with Gasteiger partial charge >= 0.3 is 18.9 Å². The first-order valence-corrected chi connectivity index (χ1v) is 9.85. The van der Waals surface area contributed by atoms with Crippen LogP contribution in [0.4, 0.5) is 37.0 Å². The molecular weight excluding hydrogens is 512 g/mol. The van der Waals surface area contributed by atoms with Gasteiger partial charge in [0.05, 0.1) is 12.8 Å². The van der Waals surface area contributed by atoms with Crippen molar-refractivity contribution in [2.45, 2.75) is 37.8 Å². The zero-order valence-corrected chi connectivity index (χ0v) is 18.5. The normalized spacial score (nSPS) is 22.5. The summed E-state index contributed by atoms with van der Waals surface area (Å²) in [6.07, 6.45) is -5.25. The molecule has 35 heavy (non-hydrogen) atoms. The average molecular weight is 528 g/mol. The number of carbonyl (C=O) groups excluding carboxylic acids is 1. The van der Waals surface area contributed by atoms with Crippen molar-refractivity contribution in [2.75, 3.05) is 11.9 Å². The summed E-state index contributed by atoms with van der Waals surface area (Å²) in [4.78, 5) is 23.5.